The highest BCUT2D eigenvalue weighted by molar-refractivity contribution is 5.85. The van der Waals surface area contributed by atoms with Gasteiger partial charge in [0.15, 0.2) is 0 Å². The van der Waals surface area contributed by atoms with Gasteiger partial charge in [-0.2, -0.15) is 0 Å². The molecule has 0 radical (unpaired) electrons. The van der Waals surface area contributed by atoms with Gasteiger partial charge in [0.25, 0.3) is 0 Å². The number of ether oxygens (including phenoxy) is 1. The van der Waals surface area contributed by atoms with E-state index in [1.54, 1.807) is 14.0 Å². The maximum absolute atomic E-state index is 11.5. The number of hydrogen-bond acceptors (Lipinski definition) is 4. The van der Waals surface area contributed by atoms with Gasteiger partial charge < -0.3 is 15.8 Å². The lowest BCUT2D eigenvalue weighted by atomic mass is 9.96. The number of rotatable bonds is 6. The van der Waals surface area contributed by atoms with Gasteiger partial charge in [0.2, 0.25) is 5.91 Å². The molecule has 0 spiro atoms. The van der Waals surface area contributed by atoms with E-state index >= 15 is 0 Å². The fourth-order valence-corrected chi connectivity index (χ4v) is 2.74. The molecule has 1 amide bonds. The molecule has 2 rings (SSSR count). The number of likely N-dealkylation sites (tertiary alicyclic amines) is 1. The first-order chi connectivity index (χ1) is 10.6. The topological polar surface area (TPSA) is 67.6 Å². The summed E-state index contributed by atoms with van der Waals surface area (Å²) in [5, 5.41) is 2.93. The summed E-state index contributed by atoms with van der Waals surface area (Å²) in [6, 6.07) is 7.83. The summed E-state index contributed by atoms with van der Waals surface area (Å²) in [7, 11) is 1.68. The first-order valence-corrected chi connectivity index (χ1v) is 7.97. The zero-order chi connectivity index (χ0) is 15.9. The van der Waals surface area contributed by atoms with E-state index in [9.17, 15) is 4.79 Å². The highest BCUT2D eigenvalue weighted by Crippen LogP contribution is 2.19. The lowest BCUT2D eigenvalue weighted by molar-refractivity contribution is -0.122. The molecule has 1 heterocycles. The van der Waals surface area contributed by atoms with Gasteiger partial charge >= 0.3 is 0 Å². The van der Waals surface area contributed by atoms with Crippen LogP contribution in [-0.2, 0) is 11.3 Å². The van der Waals surface area contributed by atoms with Crippen LogP contribution in [0.25, 0.3) is 0 Å². The summed E-state index contributed by atoms with van der Waals surface area (Å²) in [6.07, 6.45) is 2.24. The van der Waals surface area contributed by atoms with Crippen LogP contribution in [0.1, 0.15) is 25.3 Å². The van der Waals surface area contributed by atoms with Crippen LogP contribution < -0.4 is 15.8 Å². The predicted octanol–water partition coefficient (Wildman–Crippen LogP) is 1.79. The van der Waals surface area contributed by atoms with Crippen LogP contribution in [0.4, 0.5) is 0 Å². The number of nitrogens with zero attached hydrogens (tertiary/aromatic N) is 1. The molecule has 0 saturated carbocycles. The van der Waals surface area contributed by atoms with E-state index < -0.39 is 6.04 Å². The van der Waals surface area contributed by atoms with Crippen LogP contribution in [0.3, 0.4) is 0 Å². The monoisotopic (exact) mass is 341 g/mol. The van der Waals surface area contributed by atoms with Crippen molar-refractivity contribution in [1.82, 2.24) is 10.2 Å². The SMILES string of the molecule is COc1ccc(CN2CCC(CNC(=O)C(C)N)CC2)cc1.Cl. The Balaban J connectivity index is 0.00000264. The molecule has 3 N–H and O–H groups in total. The smallest absolute Gasteiger partial charge is 0.236 e. The Labute approximate surface area is 145 Å². The Hall–Kier alpha value is -1.30. The summed E-state index contributed by atoms with van der Waals surface area (Å²) >= 11 is 0. The van der Waals surface area contributed by atoms with Gasteiger partial charge in [0.05, 0.1) is 13.2 Å². The number of carbonyl (C=O) groups is 1. The first-order valence-electron chi connectivity index (χ1n) is 7.97. The third-order valence-corrected chi connectivity index (χ3v) is 4.25. The maximum Gasteiger partial charge on any atom is 0.236 e. The lowest BCUT2D eigenvalue weighted by Gasteiger charge is -2.32. The van der Waals surface area contributed by atoms with E-state index in [0.717, 1.165) is 44.8 Å². The number of carbonyl (C=O) groups excluding carboxylic acids is 1. The normalized spacial score (nSPS) is 17.2. The van der Waals surface area contributed by atoms with E-state index in [1.807, 2.05) is 12.1 Å². The number of methoxy groups -OCH3 is 1. The molecule has 1 aromatic carbocycles. The molecule has 1 fully saturated rings. The second-order valence-corrected chi connectivity index (χ2v) is 6.10. The second kappa shape index (κ2) is 9.75. The predicted molar refractivity (Wildman–Crippen MR) is 94.9 cm³/mol. The van der Waals surface area contributed by atoms with E-state index in [2.05, 4.69) is 22.3 Å². The number of piperidine rings is 1. The number of nitrogens with one attached hydrogen (secondary N) is 1. The fourth-order valence-electron chi connectivity index (χ4n) is 2.74. The molecule has 1 aliphatic rings. The van der Waals surface area contributed by atoms with Crippen molar-refractivity contribution in [3.05, 3.63) is 29.8 Å². The largest absolute Gasteiger partial charge is 0.497 e. The number of amides is 1. The number of nitrogens with two attached hydrogens (primary N) is 1. The van der Waals surface area contributed by atoms with Crippen LogP contribution in [-0.4, -0.2) is 43.6 Å². The second-order valence-electron chi connectivity index (χ2n) is 6.10. The third kappa shape index (κ3) is 6.37. The van der Waals surface area contributed by atoms with Gasteiger partial charge in [0, 0.05) is 13.1 Å². The molecule has 0 aromatic heterocycles. The average Bonchev–Trinajstić information content (AvgIpc) is 2.54. The minimum Gasteiger partial charge on any atom is -0.497 e. The maximum atomic E-state index is 11.5. The first kappa shape index (κ1) is 19.7. The van der Waals surface area contributed by atoms with E-state index in [4.69, 9.17) is 10.5 Å². The van der Waals surface area contributed by atoms with Crippen LogP contribution in [0.5, 0.6) is 5.75 Å². The van der Waals surface area contributed by atoms with Crippen molar-refractivity contribution < 1.29 is 9.53 Å². The molecule has 1 saturated heterocycles. The van der Waals surface area contributed by atoms with Crippen LogP contribution >= 0.6 is 12.4 Å². The Bertz CT molecular complexity index is 471. The molecule has 6 heteroatoms. The van der Waals surface area contributed by atoms with Crippen molar-refractivity contribution >= 4 is 18.3 Å². The summed E-state index contributed by atoms with van der Waals surface area (Å²) in [4.78, 5) is 14.0. The van der Waals surface area contributed by atoms with Gasteiger partial charge in [0.1, 0.15) is 5.75 Å². The number of hydrogen-bond donors (Lipinski definition) is 2. The van der Waals surface area contributed by atoms with Crippen LogP contribution in [0, 0.1) is 5.92 Å². The van der Waals surface area contributed by atoms with Gasteiger partial charge in [-0.3, -0.25) is 9.69 Å². The van der Waals surface area contributed by atoms with E-state index in [1.165, 1.54) is 5.56 Å². The van der Waals surface area contributed by atoms with E-state index in [0.29, 0.717) is 5.92 Å². The average molecular weight is 342 g/mol. The summed E-state index contributed by atoms with van der Waals surface area (Å²) in [5.41, 5.74) is 6.86. The molecule has 1 unspecified atom stereocenters. The van der Waals surface area contributed by atoms with Crippen molar-refractivity contribution in [1.29, 1.82) is 0 Å². The zero-order valence-corrected chi connectivity index (χ0v) is 14.8. The molecule has 1 aromatic rings. The molecular formula is C17H28ClN3O2. The van der Waals surface area contributed by atoms with Gasteiger partial charge in [-0.05, 0) is 56.5 Å². The lowest BCUT2D eigenvalue weighted by Crippen LogP contribution is -2.43. The quantitative estimate of drug-likeness (QED) is 0.827. The minimum absolute atomic E-state index is 0. The Morgan fingerprint density at radius 3 is 2.48 bits per heavy atom. The molecule has 130 valence electrons. The van der Waals surface area contributed by atoms with Crippen LogP contribution in [0.2, 0.25) is 0 Å². The van der Waals surface area contributed by atoms with Gasteiger partial charge in [-0.25, -0.2) is 0 Å². The summed E-state index contributed by atoms with van der Waals surface area (Å²) in [6.45, 7) is 5.59. The van der Waals surface area contributed by atoms with Crippen LogP contribution in [0.15, 0.2) is 24.3 Å². The summed E-state index contributed by atoms with van der Waals surface area (Å²) in [5.74, 6) is 1.41. The van der Waals surface area contributed by atoms with Crippen molar-refractivity contribution in [2.24, 2.45) is 11.7 Å². The molecular weight excluding hydrogens is 314 g/mol. The van der Waals surface area contributed by atoms with Crippen molar-refractivity contribution in [3.63, 3.8) is 0 Å². The van der Waals surface area contributed by atoms with Crippen molar-refractivity contribution in [2.75, 3.05) is 26.7 Å². The Morgan fingerprint density at radius 2 is 1.96 bits per heavy atom. The Kier molecular flexibility index (Phi) is 8.37. The zero-order valence-electron chi connectivity index (χ0n) is 14.0. The standard InChI is InChI=1S/C17H27N3O2.ClH/c1-13(18)17(21)19-11-14-7-9-20(10-8-14)12-15-3-5-16(22-2)6-4-15;/h3-6,13-14H,7-12,18H2,1-2H3,(H,19,21);1H. The molecule has 23 heavy (non-hydrogen) atoms. The Morgan fingerprint density at radius 1 is 1.35 bits per heavy atom. The highest BCUT2D eigenvalue weighted by atomic mass is 35.5. The molecule has 5 nitrogen and oxygen atoms in total. The van der Waals surface area contributed by atoms with Crippen molar-refractivity contribution in [3.8, 4) is 5.75 Å². The van der Waals surface area contributed by atoms with Gasteiger partial charge in [-0.15, -0.1) is 12.4 Å². The third-order valence-electron chi connectivity index (χ3n) is 4.25. The highest BCUT2D eigenvalue weighted by Gasteiger charge is 2.20. The minimum atomic E-state index is -0.421. The fraction of sp³-hybridized carbons (Fsp3) is 0.588. The molecule has 1 atom stereocenters. The molecule has 0 bridgehead atoms. The van der Waals surface area contributed by atoms with Crippen molar-refractivity contribution in [2.45, 2.75) is 32.4 Å². The van der Waals surface area contributed by atoms with E-state index in [-0.39, 0.29) is 18.3 Å². The number of halogens is 1. The van der Waals surface area contributed by atoms with Gasteiger partial charge in [-0.1, -0.05) is 12.1 Å². The summed E-state index contributed by atoms with van der Waals surface area (Å²) < 4.78 is 5.18. The molecule has 1 aliphatic heterocycles. The number of benzene rings is 1. The molecule has 0 aliphatic carbocycles.